The minimum Gasteiger partial charge on any atom is -0.322 e. The molecule has 0 aromatic heterocycles. The van der Waals surface area contributed by atoms with Gasteiger partial charge in [-0.1, -0.05) is 49.5 Å². The van der Waals surface area contributed by atoms with Gasteiger partial charge in [0.15, 0.2) is 0 Å². The highest BCUT2D eigenvalue weighted by Crippen LogP contribution is 2.44. The summed E-state index contributed by atoms with van der Waals surface area (Å²) in [5.41, 5.74) is 2.46. The van der Waals surface area contributed by atoms with Crippen LogP contribution in [-0.2, 0) is 9.59 Å². The van der Waals surface area contributed by atoms with E-state index in [0.717, 1.165) is 5.56 Å². The fraction of sp³-hybridized carbons (Fsp3) is 0.318. The van der Waals surface area contributed by atoms with Crippen LogP contribution in [0.5, 0.6) is 0 Å². The zero-order chi connectivity index (χ0) is 21.6. The summed E-state index contributed by atoms with van der Waals surface area (Å²) in [7, 11) is 0. The van der Waals surface area contributed by atoms with E-state index in [4.69, 9.17) is 11.6 Å². The second-order valence-corrected chi connectivity index (χ2v) is 10.5. The Kier molecular flexibility index (Phi) is 6.06. The second-order valence-electron chi connectivity index (χ2n) is 7.69. The molecule has 2 fully saturated rings. The van der Waals surface area contributed by atoms with Crippen LogP contribution >= 0.6 is 43.5 Å². The first-order valence-electron chi connectivity index (χ1n) is 9.60. The lowest BCUT2D eigenvalue weighted by Gasteiger charge is -2.29. The zero-order valence-electron chi connectivity index (χ0n) is 16.1. The molecule has 1 N–H and O–H groups in total. The van der Waals surface area contributed by atoms with Crippen molar-refractivity contribution in [3.05, 3.63) is 58.6 Å². The molecule has 4 rings (SSSR count). The predicted molar refractivity (Wildman–Crippen MR) is 125 cm³/mol. The highest BCUT2D eigenvalue weighted by Gasteiger charge is 2.52. The van der Waals surface area contributed by atoms with Gasteiger partial charge in [-0.3, -0.25) is 19.3 Å². The number of carbonyl (C=O) groups is 3. The Morgan fingerprint density at radius 1 is 1.00 bits per heavy atom. The Bertz CT molecular complexity index is 1000. The first kappa shape index (κ1) is 21.5. The Labute approximate surface area is 196 Å². The molecule has 2 aromatic carbocycles. The Morgan fingerprint density at radius 2 is 1.57 bits per heavy atom. The Hall–Kier alpha value is -1.70. The molecule has 1 aliphatic heterocycles. The van der Waals surface area contributed by atoms with Crippen LogP contribution in [0.1, 0.15) is 28.8 Å². The summed E-state index contributed by atoms with van der Waals surface area (Å²) in [4.78, 5) is 40.0. The molecule has 1 saturated carbocycles. The summed E-state index contributed by atoms with van der Waals surface area (Å²) in [5, 5.41) is 3.38. The standard InChI is InChI=1S/C22H19Br2ClN2O3/c1-11-2-5-13(25)8-19(11)26-20(28)12-3-6-14(7-4-12)27-21(29)15-9-17(23)18(24)10-16(15)22(27)30/h2-8,15-18H,9-10H2,1H3,(H,26,28)/t15-,16-,17-,18+/m1/s1. The smallest absolute Gasteiger partial charge is 0.255 e. The number of nitrogens with zero attached hydrogens (tertiary/aromatic N) is 1. The maximum Gasteiger partial charge on any atom is 0.255 e. The molecule has 156 valence electrons. The van der Waals surface area contributed by atoms with Gasteiger partial charge in [0.1, 0.15) is 0 Å². The fourth-order valence-electron chi connectivity index (χ4n) is 4.03. The van der Waals surface area contributed by atoms with Crippen LogP contribution in [0.4, 0.5) is 11.4 Å². The van der Waals surface area contributed by atoms with Crippen molar-refractivity contribution in [3.63, 3.8) is 0 Å². The molecule has 2 aromatic rings. The van der Waals surface area contributed by atoms with E-state index >= 15 is 0 Å². The molecule has 0 bridgehead atoms. The van der Waals surface area contributed by atoms with E-state index in [-0.39, 0.29) is 39.2 Å². The second kappa shape index (κ2) is 8.44. The number of hydrogen-bond donors (Lipinski definition) is 1. The number of halogens is 3. The lowest BCUT2D eigenvalue weighted by atomic mass is 9.81. The van der Waals surface area contributed by atoms with E-state index in [0.29, 0.717) is 34.8 Å². The monoisotopic (exact) mass is 552 g/mol. The van der Waals surface area contributed by atoms with Crippen LogP contribution in [0.3, 0.4) is 0 Å². The topological polar surface area (TPSA) is 66.5 Å². The molecule has 0 spiro atoms. The van der Waals surface area contributed by atoms with Crippen molar-refractivity contribution in [3.8, 4) is 0 Å². The summed E-state index contributed by atoms with van der Waals surface area (Å²) in [6.07, 6.45) is 1.25. The van der Waals surface area contributed by atoms with Crippen LogP contribution in [0.25, 0.3) is 0 Å². The number of benzene rings is 2. The van der Waals surface area contributed by atoms with Gasteiger partial charge < -0.3 is 5.32 Å². The van der Waals surface area contributed by atoms with Gasteiger partial charge in [-0.05, 0) is 61.7 Å². The van der Waals surface area contributed by atoms with Crippen molar-refractivity contribution in [2.45, 2.75) is 29.4 Å². The van der Waals surface area contributed by atoms with Gasteiger partial charge in [-0.25, -0.2) is 0 Å². The Morgan fingerprint density at radius 3 is 2.13 bits per heavy atom. The molecule has 4 atom stereocenters. The predicted octanol–water partition coefficient (Wildman–Crippen LogP) is 5.33. The van der Waals surface area contributed by atoms with Crippen molar-refractivity contribution in [2.75, 3.05) is 10.2 Å². The lowest BCUT2D eigenvalue weighted by molar-refractivity contribution is -0.122. The highest BCUT2D eigenvalue weighted by atomic mass is 79.9. The maximum absolute atomic E-state index is 12.9. The molecule has 5 nitrogen and oxygen atoms in total. The van der Waals surface area contributed by atoms with Crippen LogP contribution in [0.15, 0.2) is 42.5 Å². The minimum absolute atomic E-state index is 0.163. The number of nitrogens with one attached hydrogen (secondary N) is 1. The highest BCUT2D eigenvalue weighted by molar-refractivity contribution is 9.12. The molecule has 1 aliphatic carbocycles. The largest absolute Gasteiger partial charge is 0.322 e. The van der Waals surface area contributed by atoms with Crippen LogP contribution in [0.2, 0.25) is 5.02 Å². The summed E-state index contributed by atoms with van der Waals surface area (Å²) in [6.45, 7) is 1.88. The number of amides is 3. The van der Waals surface area contributed by atoms with Crippen molar-refractivity contribution in [1.29, 1.82) is 0 Å². The molecule has 1 saturated heterocycles. The van der Waals surface area contributed by atoms with E-state index < -0.39 is 0 Å². The molecule has 3 amide bonds. The molecule has 0 radical (unpaired) electrons. The van der Waals surface area contributed by atoms with Crippen molar-refractivity contribution in [1.82, 2.24) is 0 Å². The van der Waals surface area contributed by atoms with E-state index in [1.54, 1.807) is 36.4 Å². The average molecular weight is 555 g/mol. The maximum atomic E-state index is 12.9. The first-order chi connectivity index (χ1) is 14.3. The number of fused-ring (bicyclic) bond motifs is 1. The third-order valence-electron chi connectivity index (χ3n) is 5.75. The van der Waals surface area contributed by atoms with Gasteiger partial charge in [-0.15, -0.1) is 0 Å². The van der Waals surface area contributed by atoms with Crippen LogP contribution < -0.4 is 10.2 Å². The average Bonchev–Trinajstić information content (AvgIpc) is 2.95. The van der Waals surface area contributed by atoms with Crippen LogP contribution in [-0.4, -0.2) is 27.4 Å². The van der Waals surface area contributed by atoms with Gasteiger partial charge in [-0.2, -0.15) is 0 Å². The molecule has 30 heavy (non-hydrogen) atoms. The number of rotatable bonds is 3. The van der Waals surface area contributed by atoms with E-state index in [2.05, 4.69) is 37.2 Å². The Balaban J connectivity index is 1.52. The van der Waals surface area contributed by atoms with Gasteiger partial charge in [0.05, 0.1) is 17.5 Å². The fourth-order valence-corrected chi connectivity index (χ4v) is 5.44. The van der Waals surface area contributed by atoms with Crippen molar-refractivity contribution in [2.24, 2.45) is 11.8 Å². The molecule has 0 unspecified atom stereocenters. The van der Waals surface area contributed by atoms with Gasteiger partial charge in [0, 0.05) is 25.9 Å². The molecular formula is C22H19Br2ClN2O3. The normalized spacial score (nSPS) is 25.9. The molecule has 8 heteroatoms. The number of imide groups is 1. The first-order valence-corrected chi connectivity index (χ1v) is 11.8. The summed E-state index contributed by atoms with van der Waals surface area (Å²) < 4.78 is 0. The number of carbonyl (C=O) groups excluding carboxylic acids is 3. The summed E-state index contributed by atoms with van der Waals surface area (Å²) in [6, 6.07) is 11.8. The molecule has 2 aliphatic rings. The van der Waals surface area contributed by atoms with Crippen molar-refractivity contribution >= 4 is 72.6 Å². The van der Waals surface area contributed by atoms with Crippen LogP contribution in [0, 0.1) is 18.8 Å². The summed E-state index contributed by atoms with van der Waals surface area (Å²) >= 11 is 13.2. The van der Waals surface area contributed by atoms with Gasteiger partial charge in [0.2, 0.25) is 11.8 Å². The van der Waals surface area contributed by atoms with Gasteiger partial charge >= 0.3 is 0 Å². The number of hydrogen-bond acceptors (Lipinski definition) is 3. The third-order valence-corrected chi connectivity index (χ3v) is 8.72. The molecule has 1 heterocycles. The third kappa shape index (κ3) is 3.95. The van der Waals surface area contributed by atoms with E-state index in [1.807, 2.05) is 13.0 Å². The number of alkyl halides is 2. The van der Waals surface area contributed by atoms with E-state index in [9.17, 15) is 14.4 Å². The van der Waals surface area contributed by atoms with E-state index in [1.165, 1.54) is 4.90 Å². The van der Waals surface area contributed by atoms with Gasteiger partial charge in [0.25, 0.3) is 5.91 Å². The number of aryl methyl sites for hydroxylation is 1. The SMILES string of the molecule is Cc1ccc(Cl)cc1NC(=O)c1ccc(N2C(=O)[C@@H]3C[C@@H](Br)[C@@H](Br)C[C@H]3C2=O)cc1. The number of anilines is 2. The quantitative estimate of drug-likeness (QED) is 0.412. The lowest BCUT2D eigenvalue weighted by Crippen LogP contribution is -2.34. The zero-order valence-corrected chi connectivity index (χ0v) is 20.0. The van der Waals surface area contributed by atoms with Crippen molar-refractivity contribution < 1.29 is 14.4 Å². The molecular weight excluding hydrogens is 536 g/mol. The summed E-state index contributed by atoms with van der Waals surface area (Å²) in [5.74, 6) is -1.22. The minimum atomic E-state index is -0.301.